The normalized spacial score (nSPS) is 10.9. The van der Waals surface area contributed by atoms with E-state index < -0.39 is 28.5 Å². The third-order valence-corrected chi connectivity index (χ3v) is 5.65. The molecule has 0 atom stereocenters. The quantitative estimate of drug-likeness (QED) is 0.678. The summed E-state index contributed by atoms with van der Waals surface area (Å²) in [5.74, 6) is -1.46. The highest BCUT2D eigenvalue weighted by atomic mass is 32.2. The number of hydrogen-bond acceptors (Lipinski definition) is 7. The molecule has 1 amide bonds. The zero-order chi connectivity index (χ0) is 21.6. The van der Waals surface area contributed by atoms with E-state index in [4.69, 9.17) is 14.7 Å². The number of nitrogens with zero attached hydrogens (tertiary/aromatic N) is 2. The van der Waals surface area contributed by atoms with Gasteiger partial charge in [0, 0.05) is 14.1 Å². The van der Waals surface area contributed by atoms with E-state index in [0.717, 1.165) is 10.4 Å². The number of methoxy groups -OCH3 is 1. The number of rotatable bonds is 7. The molecular weight excluding hydrogens is 398 g/mol. The average molecular weight is 417 g/mol. The molecule has 0 aliphatic rings. The van der Waals surface area contributed by atoms with E-state index in [1.807, 2.05) is 6.07 Å². The lowest BCUT2D eigenvalue weighted by Gasteiger charge is -2.15. The van der Waals surface area contributed by atoms with E-state index in [0.29, 0.717) is 5.69 Å². The number of para-hydroxylation sites is 1. The number of esters is 1. The zero-order valence-corrected chi connectivity index (χ0v) is 16.8. The molecule has 2 aromatic rings. The van der Waals surface area contributed by atoms with Crippen molar-refractivity contribution < 1.29 is 27.5 Å². The Bertz CT molecular complexity index is 1070. The van der Waals surface area contributed by atoms with Crippen LogP contribution in [0.1, 0.15) is 15.9 Å². The van der Waals surface area contributed by atoms with Crippen molar-refractivity contribution in [1.29, 1.82) is 5.26 Å². The van der Waals surface area contributed by atoms with Gasteiger partial charge in [-0.1, -0.05) is 12.1 Å². The first-order chi connectivity index (χ1) is 13.7. The van der Waals surface area contributed by atoms with Crippen LogP contribution in [0.5, 0.6) is 5.75 Å². The monoisotopic (exact) mass is 417 g/mol. The number of nitriles is 1. The zero-order valence-electron chi connectivity index (χ0n) is 16.0. The Morgan fingerprint density at radius 2 is 1.86 bits per heavy atom. The predicted octanol–water partition coefficient (Wildman–Crippen LogP) is 1.61. The molecular formula is C19H19N3O6S. The van der Waals surface area contributed by atoms with Gasteiger partial charge in [0.1, 0.15) is 16.7 Å². The maximum Gasteiger partial charge on any atom is 0.338 e. The lowest BCUT2D eigenvalue weighted by Crippen LogP contribution is -2.24. The second-order valence-electron chi connectivity index (χ2n) is 5.93. The largest absolute Gasteiger partial charge is 0.495 e. The minimum Gasteiger partial charge on any atom is -0.495 e. The van der Waals surface area contributed by atoms with Crippen molar-refractivity contribution in [3.05, 3.63) is 53.6 Å². The predicted molar refractivity (Wildman–Crippen MR) is 104 cm³/mol. The molecule has 2 aromatic carbocycles. The standard InChI is InChI=1S/C19H19N3O6S/c1-22(2)29(25,26)17-10-13(8-9-16(17)27-3)19(24)28-12-18(23)21-15-7-5-4-6-14(15)11-20/h4-10H,12H2,1-3H3,(H,21,23). The summed E-state index contributed by atoms with van der Waals surface area (Å²) in [6.07, 6.45) is 0. The fourth-order valence-corrected chi connectivity index (χ4v) is 3.37. The SMILES string of the molecule is COc1ccc(C(=O)OCC(=O)Nc2ccccc2C#N)cc1S(=O)(=O)N(C)C. The van der Waals surface area contributed by atoms with Crippen LogP contribution in [0.25, 0.3) is 0 Å². The fraction of sp³-hybridized carbons (Fsp3) is 0.211. The smallest absolute Gasteiger partial charge is 0.338 e. The fourth-order valence-electron chi connectivity index (χ4n) is 2.29. The van der Waals surface area contributed by atoms with Crippen LogP contribution in [0.2, 0.25) is 0 Å². The molecule has 10 heteroatoms. The Balaban J connectivity index is 2.13. The maximum atomic E-state index is 12.4. The Hall–Kier alpha value is -3.42. The van der Waals surface area contributed by atoms with E-state index in [1.54, 1.807) is 18.2 Å². The number of carbonyl (C=O) groups excluding carboxylic acids is 2. The number of benzene rings is 2. The van der Waals surface area contributed by atoms with Gasteiger partial charge in [-0.05, 0) is 30.3 Å². The number of carbonyl (C=O) groups is 2. The molecule has 0 fully saturated rings. The summed E-state index contributed by atoms with van der Waals surface area (Å²) in [5.41, 5.74) is 0.497. The molecule has 0 saturated carbocycles. The molecule has 0 aliphatic carbocycles. The van der Waals surface area contributed by atoms with Gasteiger partial charge in [0.05, 0.1) is 23.9 Å². The molecule has 0 heterocycles. The minimum atomic E-state index is -3.86. The van der Waals surface area contributed by atoms with Crippen LogP contribution in [0.15, 0.2) is 47.4 Å². The van der Waals surface area contributed by atoms with Gasteiger partial charge in [-0.2, -0.15) is 5.26 Å². The third kappa shape index (κ3) is 5.10. The third-order valence-electron chi connectivity index (χ3n) is 3.81. The molecule has 0 unspecified atom stereocenters. The lowest BCUT2D eigenvalue weighted by molar-refractivity contribution is -0.119. The molecule has 0 radical (unpaired) electrons. The van der Waals surface area contributed by atoms with E-state index in [2.05, 4.69) is 5.32 Å². The summed E-state index contributed by atoms with van der Waals surface area (Å²) in [6.45, 7) is -0.611. The number of sulfonamides is 1. The molecule has 0 aromatic heterocycles. The summed E-state index contributed by atoms with van der Waals surface area (Å²) >= 11 is 0. The van der Waals surface area contributed by atoms with E-state index in [9.17, 15) is 18.0 Å². The summed E-state index contributed by atoms with van der Waals surface area (Å²) < 4.78 is 35.8. The van der Waals surface area contributed by atoms with Gasteiger partial charge in [0.2, 0.25) is 10.0 Å². The Morgan fingerprint density at radius 3 is 2.48 bits per heavy atom. The van der Waals surface area contributed by atoms with Crippen molar-refractivity contribution in [2.75, 3.05) is 33.1 Å². The minimum absolute atomic E-state index is 0.0588. The van der Waals surface area contributed by atoms with Crippen molar-refractivity contribution >= 4 is 27.6 Å². The number of amides is 1. The molecule has 29 heavy (non-hydrogen) atoms. The molecule has 0 aliphatic heterocycles. The molecule has 0 saturated heterocycles. The molecule has 1 N–H and O–H groups in total. The Kier molecular flexibility index (Phi) is 6.93. The van der Waals surface area contributed by atoms with E-state index in [1.165, 1.54) is 39.4 Å². The highest BCUT2D eigenvalue weighted by Crippen LogP contribution is 2.27. The van der Waals surface area contributed by atoms with Gasteiger partial charge in [-0.15, -0.1) is 0 Å². The second kappa shape index (κ2) is 9.18. The first-order valence-corrected chi connectivity index (χ1v) is 9.71. The molecule has 0 bridgehead atoms. The van der Waals surface area contributed by atoms with Gasteiger partial charge in [-0.25, -0.2) is 17.5 Å². The van der Waals surface area contributed by atoms with Crippen molar-refractivity contribution in [3.8, 4) is 11.8 Å². The lowest BCUT2D eigenvalue weighted by atomic mass is 10.2. The van der Waals surface area contributed by atoms with E-state index in [-0.39, 0.29) is 21.8 Å². The summed E-state index contributed by atoms with van der Waals surface area (Å²) in [4.78, 5) is 24.1. The first-order valence-electron chi connectivity index (χ1n) is 8.27. The van der Waals surface area contributed by atoms with Crippen molar-refractivity contribution in [2.45, 2.75) is 4.90 Å². The first kappa shape index (κ1) is 21.9. The van der Waals surface area contributed by atoms with Crippen LogP contribution in [0, 0.1) is 11.3 Å². The van der Waals surface area contributed by atoms with Gasteiger partial charge >= 0.3 is 5.97 Å². The van der Waals surface area contributed by atoms with Crippen LogP contribution >= 0.6 is 0 Å². The number of hydrogen-bond donors (Lipinski definition) is 1. The second-order valence-corrected chi connectivity index (χ2v) is 8.06. The van der Waals surface area contributed by atoms with Gasteiger partial charge < -0.3 is 14.8 Å². The van der Waals surface area contributed by atoms with Gasteiger partial charge in [0.15, 0.2) is 6.61 Å². The van der Waals surface area contributed by atoms with Crippen LogP contribution in [0.3, 0.4) is 0 Å². The summed E-state index contributed by atoms with van der Waals surface area (Å²) in [5, 5.41) is 11.5. The molecule has 9 nitrogen and oxygen atoms in total. The van der Waals surface area contributed by atoms with Crippen molar-refractivity contribution in [2.24, 2.45) is 0 Å². The summed E-state index contributed by atoms with van der Waals surface area (Å²) in [7, 11) is 0.147. The number of anilines is 1. The molecule has 0 spiro atoms. The van der Waals surface area contributed by atoms with Crippen LogP contribution < -0.4 is 10.1 Å². The average Bonchev–Trinajstić information content (AvgIpc) is 2.71. The Labute approximate surface area is 168 Å². The maximum absolute atomic E-state index is 12.4. The topological polar surface area (TPSA) is 126 Å². The van der Waals surface area contributed by atoms with E-state index >= 15 is 0 Å². The van der Waals surface area contributed by atoms with Crippen LogP contribution in [-0.2, 0) is 19.6 Å². The summed E-state index contributed by atoms with van der Waals surface area (Å²) in [6, 6.07) is 12.1. The highest BCUT2D eigenvalue weighted by Gasteiger charge is 2.24. The van der Waals surface area contributed by atoms with Crippen LogP contribution in [-0.4, -0.2) is 52.4 Å². The van der Waals surface area contributed by atoms with Crippen molar-refractivity contribution in [3.63, 3.8) is 0 Å². The van der Waals surface area contributed by atoms with Gasteiger partial charge in [-0.3, -0.25) is 4.79 Å². The van der Waals surface area contributed by atoms with Crippen LogP contribution in [0.4, 0.5) is 5.69 Å². The molecule has 2 rings (SSSR count). The van der Waals surface area contributed by atoms with Crippen molar-refractivity contribution in [1.82, 2.24) is 4.31 Å². The number of nitrogens with one attached hydrogen (secondary N) is 1. The van der Waals surface area contributed by atoms with Gasteiger partial charge in [0.25, 0.3) is 5.91 Å². The highest BCUT2D eigenvalue weighted by molar-refractivity contribution is 7.89. The Morgan fingerprint density at radius 1 is 1.17 bits per heavy atom. The number of ether oxygens (including phenoxy) is 2. The molecule has 152 valence electrons.